The van der Waals surface area contributed by atoms with Crippen molar-refractivity contribution >= 4 is 17.5 Å². The van der Waals surface area contributed by atoms with E-state index in [1.807, 2.05) is 63.2 Å². The first-order chi connectivity index (χ1) is 13.0. The number of hydrogen-bond donors (Lipinski definition) is 2. The van der Waals surface area contributed by atoms with E-state index in [-0.39, 0.29) is 11.9 Å². The van der Waals surface area contributed by atoms with Gasteiger partial charge in [-0.15, -0.1) is 0 Å². The summed E-state index contributed by atoms with van der Waals surface area (Å²) < 4.78 is 1.76. The number of nitrogens with one attached hydrogen (secondary N) is 2. The molecule has 27 heavy (non-hydrogen) atoms. The SMILES string of the molecule is CC1=C(C(=O)Nc2ccccc2C)[C@@H](c2cccc(C)c2)n2ncnc2N1. The molecule has 2 N–H and O–H groups in total. The second kappa shape index (κ2) is 6.72. The minimum atomic E-state index is -0.340. The standard InChI is InChI=1S/C21H21N5O/c1-13-7-6-9-16(11-13)19-18(15(3)24-21-22-12-23-26(19)21)20(27)25-17-10-5-4-8-14(17)2/h4-12,19H,1-3H3,(H,25,27)(H,22,23,24)/t19-/m1/s1. The Balaban J connectivity index is 1.79. The van der Waals surface area contributed by atoms with Gasteiger partial charge in [0.2, 0.25) is 5.95 Å². The number of aryl methyl sites for hydroxylation is 2. The van der Waals surface area contributed by atoms with Crippen LogP contribution in [0.25, 0.3) is 0 Å². The highest BCUT2D eigenvalue weighted by Gasteiger charge is 2.33. The first kappa shape index (κ1) is 17.0. The van der Waals surface area contributed by atoms with Crippen molar-refractivity contribution in [1.29, 1.82) is 0 Å². The van der Waals surface area contributed by atoms with E-state index in [2.05, 4.69) is 26.8 Å². The van der Waals surface area contributed by atoms with Gasteiger partial charge in [-0.05, 0) is 38.0 Å². The maximum Gasteiger partial charge on any atom is 0.255 e. The number of carbonyl (C=O) groups is 1. The normalized spacial score (nSPS) is 15.9. The maximum atomic E-state index is 13.3. The predicted octanol–water partition coefficient (Wildman–Crippen LogP) is 3.82. The highest BCUT2D eigenvalue weighted by molar-refractivity contribution is 6.06. The quantitative estimate of drug-likeness (QED) is 0.746. The third-order valence-corrected chi connectivity index (χ3v) is 4.79. The van der Waals surface area contributed by atoms with E-state index in [9.17, 15) is 4.79 Å². The largest absolute Gasteiger partial charge is 0.328 e. The molecule has 1 atom stereocenters. The van der Waals surface area contributed by atoms with Gasteiger partial charge in [-0.25, -0.2) is 4.68 Å². The molecule has 1 aliphatic heterocycles. The minimum Gasteiger partial charge on any atom is -0.328 e. The van der Waals surface area contributed by atoms with E-state index in [0.717, 1.165) is 28.1 Å². The van der Waals surface area contributed by atoms with Gasteiger partial charge in [0.05, 0.1) is 5.57 Å². The summed E-state index contributed by atoms with van der Waals surface area (Å²) in [4.78, 5) is 17.5. The molecule has 1 aliphatic rings. The Kier molecular flexibility index (Phi) is 4.24. The van der Waals surface area contributed by atoms with Crippen LogP contribution in [0.5, 0.6) is 0 Å². The van der Waals surface area contributed by atoms with Crippen LogP contribution in [0.4, 0.5) is 11.6 Å². The van der Waals surface area contributed by atoms with Crippen LogP contribution in [-0.2, 0) is 4.79 Å². The van der Waals surface area contributed by atoms with Gasteiger partial charge in [0.15, 0.2) is 0 Å². The summed E-state index contributed by atoms with van der Waals surface area (Å²) in [6, 6.07) is 15.5. The molecule has 0 unspecified atom stereocenters. The number of para-hydroxylation sites is 1. The molecule has 6 heteroatoms. The molecule has 3 aromatic rings. The van der Waals surface area contributed by atoms with E-state index in [0.29, 0.717) is 11.5 Å². The van der Waals surface area contributed by atoms with Crippen molar-refractivity contribution in [2.75, 3.05) is 10.6 Å². The van der Waals surface area contributed by atoms with Crippen molar-refractivity contribution in [2.45, 2.75) is 26.8 Å². The Morgan fingerprint density at radius 3 is 2.70 bits per heavy atom. The van der Waals surface area contributed by atoms with E-state index < -0.39 is 0 Å². The Morgan fingerprint density at radius 1 is 1.11 bits per heavy atom. The molecule has 0 radical (unpaired) electrons. The summed E-state index contributed by atoms with van der Waals surface area (Å²) in [5.74, 6) is 0.480. The minimum absolute atomic E-state index is 0.151. The van der Waals surface area contributed by atoms with E-state index in [1.54, 1.807) is 4.68 Å². The van der Waals surface area contributed by atoms with Gasteiger partial charge in [0.25, 0.3) is 5.91 Å². The summed E-state index contributed by atoms with van der Waals surface area (Å²) in [6.45, 7) is 5.91. The van der Waals surface area contributed by atoms with Crippen molar-refractivity contribution in [1.82, 2.24) is 14.8 Å². The number of carbonyl (C=O) groups excluding carboxylic acids is 1. The van der Waals surface area contributed by atoms with Gasteiger partial charge < -0.3 is 10.6 Å². The van der Waals surface area contributed by atoms with Crippen LogP contribution in [-0.4, -0.2) is 20.7 Å². The number of benzene rings is 2. The van der Waals surface area contributed by atoms with Gasteiger partial charge >= 0.3 is 0 Å². The van der Waals surface area contributed by atoms with Crippen LogP contribution in [0.15, 0.2) is 66.1 Å². The lowest BCUT2D eigenvalue weighted by atomic mass is 9.94. The highest BCUT2D eigenvalue weighted by atomic mass is 16.1. The lowest BCUT2D eigenvalue weighted by Crippen LogP contribution is -2.31. The van der Waals surface area contributed by atoms with Crippen LogP contribution in [0, 0.1) is 13.8 Å². The summed E-state index contributed by atoms with van der Waals surface area (Å²) in [7, 11) is 0. The number of amides is 1. The number of allylic oxidation sites excluding steroid dienone is 1. The zero-order valence-corrected chi connectivity index (χ0v) is 15.5. The third-order valence-electron chi connectivity index (χ3n) is 4.79. The monoisotopic (exact) mass is 359 g/mol. The number of anilines is 2. The molecule has 0 bridgehead atoms. The van der Waals surface area contributed by atoms with Gasteiger partial charge in [-0.2, -0.15) is 10.1 Å². The highest BCUT2D eigenvalue weighted by Crippen LogP contribution is 2.35. The summed E-state index contributed by atoms with van der Waals surface area (Å²) in [5.41, 5.74) is 5.34. The van der Waals surface area contributed by atoms with Crippen LogP contribution >= 0.6 is 0 Å². The summed E-state index contributed by atoms with van der Waals surface area (Å²) >= 11 is 0. The number of rotatable bonds is 3. The molecule has 6 nitrogen and oxygen atoms in total. The molecule has 1 amide bonds. The van der Waals surface area contributed by atoms with Crippen LogP contribution in [0.2, 0.25) is 0 Å². The topological polar surface area (TPSA) is 71.8 Å². The van der Waals surface area contributed by atoms with E-state index in [4.69, 9.17) is 0 Å². The number of fused-ring (bicyclic) bond motifs is 1. The van der Waals surface area contributed by atoms with Crippen molar-refractivity contribution < 1.29 is 4.79 Å². The van der Waals surface area contributed by atoms with Gasteiger partial charge in [-0.1, -0.05) is 48.0 Å². The summed E-state index contributed by atoms with van der Waals surface area (Å²) in [6.07, 6.45) is 1.50. The van der Waals surface area contributed by atoms with Crippen molar-refractivity contribution in [2.24, 2.45) is 0 Å². The molecular weight excluding hydrogens is 338 g/mol. The molecule has 0 aliphatic carbocycles. The molecule has 0 spiro atoms. The van der Waals surface area contributed by atoms with E-state index in [1.165, 1.54) is 6.33 Å². The van der Waals surface area contributed by atoms with Gasteiger partial charge in [0.1, 0.15) is 12.4 Å². The fourth-order valence-electron chi connectivity index (χ4n) is 3.44. The van der Waals surface area contributed by atoms with E-state index >= 15 is 0 Å². The maximum absolute atomic E-state index is 13.3. The Hall–Kier alpha value is -3.41. The second-order valence-corrected chi connectivity index (χ2v) is 6.78. The van der Waals surface area contributed by atoms with Crippen LogP contribution in [0.3, 0.4) is 0 Å². The van der Waals surface area contributed by atoms with Crippen molar-refractivity contribution in [3.05, 3.63) is 82.8 Å². The first-order valence-corrected chi connectivity index (χ1v) is 8.85. The zero-order chi connectivity index (χ0) is 19.0. The fraction of sp³-hybridized carbons (Fsp3) is 0.190. The van der Waals surface area contributed by atoms with Crippen LogP contribution in [0.1, 0.15) is 29.7 Å². The molecule has 2 heterocycles. The summed E-state index contributed by atoms with van der Waals surface area (Å²) in [5, 5.41) is 10.6. The van der Waals surface area contributed by atoms with Gasteiger partial charge in [0, 0.05) is 11.4 Å². The van der Waals surface area contributed by atoms with Crippen molar-refractivity contribution in [3.8, 4) is 0 Å². The number of aromatic nitrogens is 3. The molecular formula is C21H21N5O. The zero-order valence-electron chi connectivity index (χ0n) is 15.5. The average Bonchev–Trinajstić information content (AvgIpc) is 3.10. The smallest absolute Gasteiger partial charge is 0.255 e. The second-order valence-electron chi connectivity index (χ2n) is 6.78. The van der Waals surface area contributed by atoms with Gasteiger partial charge in [-0.3, -0.25) is 4.79 Å². The molecule has 1 aromatic heterocycles. The molecule has 4 rings (SSSR count). The van der Waals surface area contributed by atoms with Crippen molar-refractivity contribution in [3.63, 3.8) is 0 Å². The van der Waals surface area contributed by atoms with Crippen LogP contribution < -0.4 is 10.6 Å². The average molecular weight is 359 g/mol. The lowest BCUT2D eigenvalue weighted by molar-refractivity contribution is -0.113. The molecule has 0 fully saturated rings. The number of hydrogen-bond acceptors (Lipinski definition) is 4. The Morgan fingerprint density at radius 2 is 1.93 bits per heavy atom. The molecule has 136 valence electrons. The fourth-order valence-corrected chi connectivity index (χ4v) is 3.44. The Labute approximate surface area is 157 Å². The first-order valence-electron chi connectivity index (χ1n) is 8.85. The third kappa shape index (κ3) is 3.10. The lowest BCUT2D eigenvalue weighted by Gasteiger charge is -2.29. The molecule has 2 aromatic carbocycles. The predicted molar refractivity (Wildman–Crippen MR) is 105 cm³/mol. The molecule has 0 saturated carbocycles. The molecule has 0 saturated heterocycles. The Bertz CT molecular complexity index is 1050. The number of nitrogens with zero attached hydrogens (tertiary/aromatic N) is 3.